The van der Waals surface area contributed by atoms with Crippen LogP contribution in [0, 0.1) is 32.5 Å². The Balaban J connectivity index is 1.61. The number of alkyl halides is 3. The monoisotopic (exact) mass is 498 g/mol. The van der Waals surface area contributed by atoms with E-state index in [1.54, 1.807) is 10.6 Å². The second-order valence-electron chi connectivity index (χ2n) is 9.17. The minimum atomic E-state index is -4.46. The predicted octanol–water partition coefficient (Wildman–Crippen LogP) is 6.69. The lowest BCUT2D eigenvalue weighted by atomic mass is 9.94. The van der Waals surface area contributed by atoms with Gasteiger partial charge in [-0.2, -0.15) is 23.4 Å². The number of aryl methyl sites for hydroxylation is 4. The molecular weight excluding hydrogens is 473 g/mol. The van der Waals surface area contributed by atoms with E-state index in [9.17, 15) is 13.2 Å². The first kappa shape index (κ1) is 23.3. The highest BCUT2D eigenvalue weighted by Crippen LogP contribution is 2.44. The van der Waals surface area contributed by atoms with E-state index in [0.717, 1.165) is 38.2 Å². The largest absolute Gasteiger partial charge is 0.410 e. The van der Waals surface area contributed by atoms with Gasteiger partial charge in [-0.25, -0.2) is 4.68 Å². The molecule has 0 spiro atoms. The van der Waals surface area contributed by atoms with Crippen molar-refractivity contribution in [1.29, 1.82) is 0 Å². The molecule has 5 rings (SSSR count). The molecule has 4 aromatic rings. The second-order valence-corrected chi connectivity index (χ2v) is 9.56. The van der Waals surface area contributed by atoms with E-state index in [1.807, 2.05) is 64.1 Å². The third-order valence-corrected chi connectivity index (χ3v) is 6.89. The Bertz CT molecular complexity index is 1480. The zero-order valence-corrected chi connectivity index (χ0v) is 20.6. The number of hydrogen-bond acceptors (Lipinski definition) is 4. The lowest BCUT2D eigenvalue weighted by Gasteiger charge is -2.33. The van der Waals surface area contributed by atoms with Gasteiger partial charge in [0.15, 0.2) is 16.6 Å². The molecule has 6 nitrogen and oxygen atoms in total. The molecule has 0 radical (unpaired) electrons. The number of halogens is 3. The van der Waals surface area contributed by atoms with Crippen LogP contribution in [-0.4, -0.2) is 30.7 Å². The van der Waals surface area contributed by atoms with Crippen molar-refractivity contribution in [2.75, 3.05) is 5.32 Å². The molecule has 182 valence electrons. The molecule has 35 heavy (non-hydrogen) atoms. The minimum absolute atomic E-state index is 0.163. The molecule has 1 aliphatic heterocycles. The van der Waals surface area contributed by atoms with Crippen LogP contribution >= 0.6 is 12.2 Å². The standard InChI is InChI=1S/C25H25F3N6S/c1-13-5-8-20(16(4)9-13)33-23(30-31-24(33)35)19-12-22-29-18(17-7-6-14(2)15(3)10-17)11-21(25(26,27)28)34(22)32-19/h5-10,12,18,21,29H,11H2,1-4H3,(H,31,35). The summed E-state index contributed by atoms with van der Waals surface area (Å²) in [5.74, 6) is 0.646. The lowest BCUT2D eigenvalue weighted by molar-refractivity contribution is -0.173. The SMILES string of the molecule is Cc1ccc(-n2c(-c3cc4n(n3)C(C(F)(F)F)CC(c3ccc(C)c(C)c3)N4)n[nH]c2=S)c(C)c1. The van der Waals surface area contributed by atoms with Gasteiger partial charge >= 0.3 is 6.18 Å². The van der Waals surface area contributed by atoms with Gasteiger partial charge in [-0.3, -0.25) is 9.67 Å². The number of fused-ring (bicyclic) bond motifs is 1. The molecule has 2 atom stereocenters. The summed E-state index contributed by atoms with van der Waals surface area (Å²) in [6.07, 6.45) is -4.62. The first-order valence-electron chi connectivity index (χ1n) is 11.3. The molecule has 2 N–H and O–H groups in total. The summed E-state index contributed by atoms with van der Waals surface area (Å²) in [6, 6.07) is 11.0. The maximum atomic E-state index is 14.2. The number of hydrogen-bond donors (Lipinski definition) is 2. The molecule has 3 heterocycles. The van der Waals surface area contributed by atoms with Crippen LogP contribution in [0.4, 0.5) is 19.0 Å². The Morgan fingerprint density at radius 1 is 0.971 bits per heavy atom. The first-order valence-corrected chi connectivity index (χ1v) is 11.7. The van der Waals surface area contributed by atoms with Crippen molar-refractivity contribution in [1.82, 2.24) is 24.5 Å². The molecule has 0 aliphatic carbocycles. The summed E-state index contributed by atoms with van der Waals surface area (Å²) in [5, 5.41) is 14.7. The number of aromatic nitrogens is 5. The maximum absolute atomic E-state index is 14.2. The molecule has 0 fully saturated rings. The van der Waals surface area contributed by atoms with Crippen LogP contribution in [0.3, 0.4) is 0 Å². The number of nitrogens with one attached hydrogen (secondary N) is 2. The van der Waals surface area contributed by atoms with Crippen molar-refractivity contribution in [2.45, 2.75) is 52.4 Å². The van der Waals surface area contributed by atoms with Crippen molar-refractivity contribution >= 4 is 18.0 Å². The van der Waals surface area contributed by atoms with Crippen molar-refractivity contribution < 1.29 is 13.2 Å². The summed E-state index contributed by atoms with van der Waals surface area (Å²) in [4.78, 5) is 0. The molecule has 2 aromatic carbocycles. The van der Waals surface area contributed by atoms with E-state index in [4.69, 9.17) is 12.2 Å². The van der Waals surface area contributed by atoms with Gasteiger partial charge in [0.2, 0.25) is 0 Å². The molecule has 1 aliphatic rings. The zero-order chi connectivity index (χ0) is 25.1. The first-order chi connectivity index (χ1) is 16.5. The summed E-state index contributed by atoms with van der Waals surface area (Å²) < 4.78 is 45.6. The number of aromatic amines is 1. The van der Waals surface area contributed by atoms with Crippen LogP contribution in [0.5, 0.6) is 0 Å². The van der Waals surface area contributed by atoms with Gasteiger partial charge in [-0.15, -0.1) is 0 Å². The van der Waals surface area contributed by atoms with Crippen LogP contribution in [0.2, 0.25) is 0 Å². The van der Waals surface area contributed by atoms with E-state index in [1.165, 1.54) is 0 Å². The van der Waals surface area contributed by atoms with Gasteiger partial charge in [0, 0.05) is 12.5 Å². The van der Waals surface area contributed by atoms with E-state index in [-0.39, 0.29) is 12.2 Å². The van der Waals surface area contributed by atoms with Gasteiger partial charge in [0.05, 0.1) is 11.7 Å². The highest BCUT2D eigenvalue weighted by atomic mass is 32.1. The fourth-order valence-electron chi connectivity index (χ4n) is 4.63. The van der Waals surface area contributed by atoms with Crippen molar-refractivity contribution in [3.8, 4) is 17.2 Å². The van der Waals surface area contributed by atoms with Gasteiger partial charge in [0.25, 0.3) is 0 Å². The highest BCUT2D eigenvalue weighted by Gasteiger charge is 2.46. The zero-order valence-electron chi connectivity index (χ0n) is 19.7. The van der Waals surface area contributed by atoms with Crippen molar-refractivity contribution in [2.24, 2.45) is 0 Å². The summed E-state index contributed by atoms with van der Waals surface area (Å²) in [5.41, 5.74) is 6.10. The van der Waals surface area contributed by atoms with Gasteiger partial charge < -0.3 is 5.32 Å². The number of benzene rings is 2. The van der Waals surface area contributed by atoms with Crippen molar-refractivity contribution in [3.63, 3.8) is 0 Å². The maximum Gasteiger partial charge on any atom is 0.410 e. The minimum Gasteiger partial charge on any atom is -0.363 e. The fourth-order valence-corrected chi connectivity index (χ4v) is 4.86. The normalized spacial score (nSPS) is 17.8. The Kier molecular flexibility index (Phi) is 5.58. The van der Waals surface area contributed by atoms with Gasteiger partial charge in [-0.05, 0) is 68.2 Å². The topological polar surface area (TPSA) is 63.5 Å². The molecular formula is C25H25F3N6S. The Hall–Kier alpha value is -3.40. The third-order valence-electron chi connectivity index (χ3n) is 6.62. The average Bonchev–Trinajstić information content (AvgIpc) is 3.37. The molecule has 0 saturated carbocycles. The molecule has 10 heteroatoms. The Morgan fingerprint density at radius 2 is 1.74 bits per heavy atom. The highest BCUT2D eigenvalue weighted by molar-refractivity contribution is 7.71. The van der Waals surface area contributed by atoms with Crippen LogP contribution in [0.1, 0.15) is 46.3 Å². The van der Waals surface area contributed by atoms with E-state index >= 15 is 0 Å². The molecule has 0 saturated heterocycles. The Labute approximate surface area is 205 Å². The van der Waals surface area contributed by atoms with Gasteiger partial charge in [0.1, 0.15) is 11.5 Å². The molecule has 2 unspecified atom stereocenters. The molecule has 0 bridgehead atoms. The molecule has 2 aromatic heterocycles. The van der Waals surface area contributed by atoms with Gasteiger partial charge in [-0.1, -0.05) is 35.9 Å². The number of rotatable bonds is 3. The number of H-pyrrole nitrogens is 1. The fraction of sp³-hybridized carbons (Fsp3) is 0.320. The average molecular weight is 499 g/mol. The van der Waals surface area contributed by atoms with E-state index in [0.29, 0.717) is 16.3 Å². The summed E-state index contributed by atoms with van der Waals surface area (Å²) in [7, 11) is 0. The quantitative estimate of drug-likeness (QED) is 0.309. The van der Waals surface area contributed by atoms with Crippen LogP contribution in [0.15, 0.2) is 42.5 Å². The third kappa shape index (κ3) is 4.16. The second kappa shape index (κ2) is 8.37. The smallest absolute Gasteiger partial charge is 0.363 e. The van der Waals surface area contributed by atoms with Crippen LogP contribution in [0.25, 0.3) is 17.2 Å². The van der Waals surface area contributed by atoms with E-state index in [2.05, 4.69) is 20.6 Å². The van der Waals surface area contributed by atoms with Crippen LogP contribution < -0.4 is 5.32 Å². The van der Waals surface area contributed by atoms with E-state index < -0.39 is 18.3 Å². The number of anilines is 1. The Morgan fingerprint density at radius 3 is 2.43 bits per heavy atom. The summed E-state index contributed by atoms with van der Waals surface area (Å²) in [6.45, 7) is 7.88. The lowest BCUT2D eigenvalue weighted by Crippen LogP contribution is -2.35. The van der Waals surface area contributed by atoms with Crippen molar-refractivity contribution in [3.05, 3.63) is 75.1 Å². The molecule has 0 amide bonds. The summed E-state index contributed by atoms with van der Waals surface area (Å²) >= 11 is 5.46. The predicted molar refractivity (Wildman–Crippen MR) is 131 cm³/mol. The number of nitrogens with zero attached hydrogens (tertiary/aromatic N) is 4. The van der Waals surface area contributed by atoms with Crippen LogP contribution in [-0.2, 0) is 0 Å².